The van der Waals surface area contributed by atoms with Crippen LogP contribution in [0, 0.1) is 0 Å². The maximum atomic E-state index is 6.41. The highest BCUT2D eigenvalue weighted by molar-refractivity contribution is 9.10. The molecule has 51 heavy (non-hydrogen) atoms. The van der Waals surface area contributed by atoms with Crippen molar-refractivity contribution in [3.05, 3.63) is 186 Å². The number of benzene rings is 8. The molecule has 10 rings (SSSR count). The minimum atomic E-state index is 0.895. The van der Waals surface area contributed by atoms with E-state index in [1.54, 1.807) is 0 Å². The zero-order chi connectivity index (χ0) is 33.9. The second-order valence-corrected chi connectivity index (χ2v) is 14.0. The Hall–Kier alpha value is -6.16. The fraction of sp³-hybridized carbons (Fsp3) is 0. The minimum Gasteiger partial charge on any atom is -0.456 e. The SMILES string of the molecule is Brc1cccc(-c2cccc(-c3ccc4oc5cc(-c6ccc(-c7ccc8c(c7)c7ccccc7n8-c7ccccc7)cc6)ccc5c4c3)c2)c1. The van der Waals surface area contributed by atoms with Gasteiger partial charge in [-0.15, -0.1) is 0 Å². The second kappa shape index (κ2) is 12.0. The van der Waals surface area contributed by atoms with E-state index < -0.39 is 0 Å². The van der Waals surface area contributed by atoms with E-state index in [0.29, 0.717) is 0 Å². The summed E-state index contributed by atoms with van der Waals surface area (Å²) in [6, 6.07) is 65.2. The molecule has 240 valence electrons. The van der Waals surface area contributed by atoms with Crippen LogP contribution in [0.5, 0.6) is 0 Å². The summed E-state index contributed by atoms with van der Waals surface area (Å²) in [6.45, 7) is 0. The van der Waals surface area contributed by atoms with Crippen molar-refractivity contribution in [1.29, 1.82) is 0 Å². The van der Waals surface area contributed by atoms with E-state index in [9.17, 15) is 0 Å². The summed E-state index contributed by atoms with van der Waals surface area (Å²) >= 11 is 3.61. The van der Waals surface area contributed by atoms with Crippen molar-refractivity contribution in [3.8, 4) is 50.2 Å². The van der Waals surface area contributed by atoms with Gasteiger partial charge in [-0.3, -0.25) is 0 Å². The van der Waals surface area contributed by atoms with Crippen LogP contribution in [0.25, 0.3) is 93.9 Å². The lowest BCUT2D eigenvalue weighted by Gasteiger charge is -2.08. The first-order valence-electron chi connectivity index (χ1n) is 17.2. The smallest absolute Gasteiger partial charge is 0.136 e. The minimum absolute atomic E-state index is 0.895. The van der Waals surface area contributed by atoms with E-state index in [1.165, 1.54) is 60.9 Å². The topological polar surface area (TPSA) is 18.1 Å². The predicted octanol–water partition coefficient (Wildman–Crippen LogP) is 14.1. The molecule has 0 radical (unpaired) electrons. The molecule has 8 aromatic carbocycles. The van der Waals surface area contributed by atoms with E-state index in [4.69, 9.17) is 4.42 Å². The molecule has 0 saturated carbocycles. The number of halogens is 1. The average Bonchev–Trinajstić information content (AvgIpc) is 3.73. The van der Waals surface area contributed by atoms with Crippen molar-refractivity contribution in [2.45, 2.75) is 0 Å². The number of fused-ring (bicyclic) bond motifs is 6. The first-order valence-corrected chi connectivity index (χ1v) is 18.0. The first-order chi connectivity index (χ1) is 25.2. The van der Waals surface area contributed by atoms with Gasteiger partial charge in [-0.2, -0.15) is 0 Å². The van der Waals surface area contributed by atoms with Crippen LogP contribution in [0.15, 0.2) is 191 Å². The summed E-state index contributed by atoms with van der Waals surface area (Å²) < 4.78 is 9.84. The van der Waals surface area contributed by atoms with Gasteiger partial charge in [0, 0.05) is 31.7 Å². The lowest BCUT2D eigenvalue weighted by atomic mass is 9.97. The molecular weight excluding hydrogens is 686 g/mol. The second-order valence-electron chi connectivity index (χ2n) is 13.1. The van der Waals surface area contributed by atoms with Crippen LogP contribution in [0.3, 0.4) is 0 Å². The zero-order valence-electron chi connectivity index (χ0n) is 27.6. The van der Waals surface area contributed by atoms with E-state index >= 15 is 0 Å². The Morgan fingerprint density at radius 2 is 0.902 bits per heavy atom. The summed E-state index contributed by atoms with van der Waals surface area (Å²) in [7, 11) is 0. The Kier molecular flexibility index (Phi) is 7.00. The Morgan fingerprint density at radius 1 is 0.333 bits per heavy atom. The van der Waals surface area contributed by atoms with Gasteiger partial charge in [-0.1, -0.05) is 125 Å². The van der Waals surface area contributed by atoms with E-state index in [-0.39, 0.29) is 0 Å². The molecule has 3 heteroatoms. The van der Waals surface area contributed by atoms with Gasteiger partial charge in [-0.05, 0) is 117 Å². The fourth-order valence-corrected chi connectivity index (χ4v) is 7.94. The maximum Gasteiger partial charge on any atom is 0.136 e. The molecule has 2 aromatic heterocycles. The van der Waals surface area contributed by atoms with Crippen LogP contribution in [0.1, 0.15) is 0 Å². The third-order valence-electron chi connectivity index (χ3n) is 10.1. The van der Waals surface area contributed by atoms with Crippen molar-refractivity contribution in [2.24, 2.45) is 0 Å². The predicted molar refractivity (Wildman–Crippen MR) is 218 cm³/mol. The first kappa shape index (κ1) is 29.7. The largest absolute Gasteiger partial charge is 0.456 e. The average molecular weight is 717 g/mol. The quantitative estimate of drug-likeness (QED) is 0.173. The van der Waals surface area contributed by atoms with Gasteiger partial charge < -0.3 is 8.98 Å². The lowest BCUT2D eigenvalue weighted by molar-refractivity contribution is 0.669. The third-order valence-corrected chi connectivity index (χ3v) is 10.6. The van der Waals surface area contributed by atoms with Crippen molar-refractivity contribution in [1.82, 2.24) is 4.57 Å². The number of aromatic nitrogens is 1. The highest BCUT2D eigenvalue weighted by Gasteiger charge is 2.14. The van der Waals surface area contributed by atoms with Gasteiger partial charge in [0.25, 0.3) is 0 Å². The molecule has 2 heterocycles. The molecule has 0 aliphatic carbocycles. The molecule has 0 spiro atoms. The van der Waals surface area contributed by atoms with Gasteiger partial charge in [0.1, 0.15) is 11.2 Å². The third kappa shape index (κ3) is 5.17. The van der Waals surface area contributed by atoms with Gasteiger partial charge in [0.2, 0.25) is 0 Å². The van der Waals surface area contributed by atoms with Crippen molar-refractivity contribution < 1.29 is 4.42 Å². The molecule has 0 saturated heterocycles. The molecule has 0 bridgehead atoms. The molecule has 0 unspecified atom stereocenters. The molecule has 0 aliphatic heterocycles. The van der Waals surface area contributed by atoms with Crippen LogP contribution in [0.4, 0.5) is 0 Å². The van der Waals surface area contributed by atoms with Crippen LogP contribution < -0.4 is 0 Å². The number of hydrogen-bond donors (Lipinski definition) is 0. The summed E-state index contributed by atoms with van der Waals surface area (Å²) in [4.78, 5) is 0. The van der Waals surface area contributed by atoms with E-state index in [1.807, 2.05) is 0 Å². The number of nitrogens with zero attached hydrogens (tertiary/aromatic N) is 1. The monoisotopic (exact) mass is 715 g/mol. The van der Waals surface area contributed by atoms with Crippen LogP contribution >= 0.6 is 15.9 Å². The highest BCUT2D eigenvalue weighted by Crippen LogP contribution is 2.38. The fourth-order valence-electron chi connectivity index (χ4n) is 7.55. The number of hydrogen-bond acceptors (Lipinski definition) is 1. The Balaban J connectivity index is 0.970. The molecule has 2 nitrogen and oxygen atoms in total. The van der Waals surface area contributed by atoms with Gasteiger partial charge in [0.05, 0.1) is 11.0 Å². The van der Waals surface area contributed by atoms with Crippen molar-refractivity contribution in [2.75, 3.05) is 0 Å². The highest BCUT2D eigenvalue weighted by atomic mass is 79.9. The van der Waals surface area contributed by atoms with Crippen molar-refractivity contribution >= 4 is 59.7 Å². The summed E-state index contributed by atoms with van der Waals surface area (Å²) in [6.07, 6.45) is 0. The number of furan rings is 1. The van der Waals surface area contributed by atoms with Crippen molar-refractivity contribution in [3.63, 3.8) is 0 Å². The lowest BCUT2D eigenvalue weighted by Crippen LogP contribution is -1.92. The van der Waals surface area contributed by atoms with Gasteiger partial charge in [-0.25, -0.2) is 0 Å². The Bertz CT molecular complexity index is 2910. The summed E-state index contributed by atoms with van der Waals surface area (Å²) in [5.41, 5.74) is 14.8. The molecule has 0 N–H and O–H groups in total. The number of para-hydroxylation sites is 2. The van der Waals surface area contributed by atoms with E-state index in [0.717, 1.165) is 37.5 Å². The Morgan fingerprint density at radius 3 is 1.69 bits per heavy atom. The molecule has 0 atom stereocenters. The van der Waals surface area contributed by atoms with E-state index in [2.05, 4.69) is 202 Å². The maximum absolute atomic E-state index is 6.41. The van der Waals surface area contributed by atoms with Crippen LogP contribution in [0.2, 0.25) is 0 Å². The molecule has 0 aliphatic rings. The number of rotatable bonds is 5. The Labute approximate surface area is 304 Å². The van der Waals surface area contributed by atoms with Gasteiger partial charge >= 0.3 is 0 Å². The van der Waals surface area contributed by atoms with Gasteiger partial charge in [0.15, 0.2) is 0 Å². The molecular formula is C48H30BrNO. The van der Waals surface area contributed by atoms with Crippen LogP contribution in [-0.4, -0.2) is 4.57 Å². The summed E-state index contributed by atoms with van der Waals surface area (Å²) in [5, 5.41) is 4.77. The normalized spacial score (nSPS) is 11.6. The van der Waals surface area contributed by atoms with Crippen LogP contribution in [-0.2, 0) is 0 Å². The molecule has 0 fully saturated rings. The summed E-state index contributed by atoms with van der Waals surface area (Å²) in [5.74, 6) is 0. The molecule has 0 amide bonds. The standard InChI is InChI=1S/C48H30BrNO/c49-39-11-7-10-35(27-39)33-8-6-9-34(26-33)37-22-25-47-44(29-37)42-23-20-38(30-48(42)51-47)32-18-16-31(17-19-32)36-21-24-46-43(28-36)41-14-4-5-15-45(41)50(46)40-12-2-1-3-13-40/h1-30H. The zero-order valence-corrected chi connectivity index (χ0v) is 29.1. The molecule has 10 aromatic rings.